The number of likely N-dealkylation sites (N-methyl/N-ethyl adjacent to an activating group) is 1. The van der Waals surface area contributed by atoms with E-state index in [1.807, 2.05) is 0 Å². The van der Waals surface area contributed by atoms with Crippen LogP contribution >= 0.6 is 0 Å². The Kier molecular flexibility index (Phi) is 3.68. The Morgan fingerprint density at radius 1 is 1.44 bits per heavy atom. The van der Waals surface area contributed by atoms with Gasteiger partial charge in [-0.1, -0.05) is 0 Å². The van der Waals surface area contributed by atoms with Crippen LogP contribution in [0.25, 0.3) is 0 Å². The number of furan rings is 1. The molecule has 0 bridgehead atoms. The van der Waals surface area contributed by atoms with Crippen LogP contribution in [0.1, 0.15) is 28.0 Å². The summed E-state index contributed by atoms with van der Waals surface area (Å²) in [6.45, 7) is 1.70. The second-order valence-electron chi connectivity index (χ2n) is 3.50. The fourth-order valence-corrected chi connectivity index (χ4v) is 1.24. The third-order valence-electron chi connectivity index (χ3n) is 1.91. The number of carboxylic acids is 1. The van der Waals surface area contributed by atoms with Crippen LogP contribution in [-0.4, -0.2) is 46.7 Å². The average Bonchev–Trinajstić information content (AvgIpc) is 2.64. The molecule has 0 aliphatic carbocycles. The van der Waals surface area contributed by atoms with Gasteiger partial charge in [-0.25, -0.2) is 4.79 Å². The molecular formula is C10H13NO5. The van der Waals surface area contributed by atoms with Gasteiger partial charge < -0.3 is 19.5 Å². The molecule has 0 radical (unpaired) electrons. The Labute approximate surface area is 92.1 Å². The van der Waals surface area contributed by atoms with Crippen LogP contribution in [0.4, 0.5) is 0 Å². The van der Waals surface area contributed by atoms with Gasteiger partial charge in [0.1, 0.15) is 0 Å². The van der Waals surface area contributed by atoms with E-state index >= 15 is 0 Å². The van der Waals surface area contributed by atoms with Crippen molar-refractivity contribution >= 4 is 11.9 Å². The summed E-state index contributed by atoms with van der Waals surface area (Å²) >= 11 is 0. The summed E-state index contributed by atoms with van der Waals surface area (Å²) < 4.78 is 4.84. The van der Waals surface area contributed by atoms with Gasteiger partial charge in [-0.2, -0.15) is 0 Å². The van der Waals surface area contributed by atoms with Crippen molar-refractivity contribution in [3.8, 4) is 0 Å². The van der Waals surface area contributed by atoms with Gasteiger partial charge in [0.25, 0.3) is 5.91 Å². The summed E-state index contributed by atoms with van der Waals surface area (Å²) in [5.41, 5.74) is 0. The fourth-order valence-electron chi connectivity index (χ4n) is 1.24. The summed E-state index contributed by atoms with van der Waals surface area (Å²) in [4.78, 5) is 23.4. The maximum absolute atomic E-state index is 11.6. The number of aliphatic hydroxyl groups excluding tert-OH is 1. The molecule has 1 heterocycles. The summed E-state index contributed by atoms with van der Waals surface area (Å²) in [6.07, 6.45) is -0.650. The number of amides is 1. The van der Waals surface area contributed by atoms with E-state index in [-0.39, 0.29) is 18.1 Å². The molecule has 16 heavy (non-hydrogen) atoms. The zero-order valence-electron chi connectivity index (χ0n) is 9.01. The lowest BCUT2D eigenvalue weighted by Gasteiger charge is -2.17. The second kappa shape index (κ2) is 4.80. The molecule has 1 rings (SSSR count). The molecule has 0 aromatic carbocycles. The van der Waals surface area contributed by atoms with Gasteiger partial charge in [-0.05, 0) is 19.1 Å². The second-order valence-corrected chi connectivity index (χ2v) is 3.50. The van der Waals surface area contributed by atoms with E-state index in [0.717, 1.165) is 0 Å². The molecule has 6 nitrogen and oxygen atoms in total. The predicted molar refractivity (Wildman–Crippen MR) is 54.3 cm³/mol. The first-order chi connectivity index (χ1) is 7.41. The minimum atomic E-state index is -1.22. The molecule has 0 spiro atoms. The van der Waals surface area contributed by atoms with E-state index in [9.17, 15) is 9.59 Å². The van der Waals surface area contributed by atoms with Gasteiger partial charge in [0.2, 0.25) is 5.76 Å². The first-order valence-corrected chi connectivity index (χ1v) is 4.68. The standard InChI is InChI=1S/C10H13NO5/c1-6(12)5-11(2)9(13)7-3-4-8(16-7)10(14)15/h3-4,6,12H,5H2,1-2H3,(H,14,15). The number of nitrogens with zero attached hydrogens (tertiary/aromatic N) is 1. The van der Waals surface area contributed by atoms with Crippen LogP contribution in [0.3, 0.4) is 0 Å². The molecule has 2 N–H and O–H groups in total. The first-order valence-electron chi connectivity index (χ1n) is 4.68. The van der Waals surface area contributed by atoms with Gasteiger partial charge in [0, 0.05) is 13.6 Å². The van der Waals surface area contributed by atoms with Crippen molar-refractivity contribution in [1.29, 1.82) is 0 Å². The molecule has 0 saturated carbocycles. The van der Waals surface area contributed by atoms with Gasteiger partial charge in [0.15, 0.2) is 5.76 Å². The molecule has 1 aromatic heterocycles. The number of rotatable bonds is 4. The normalized spacial score (nSPS) is 12.2. The Hall–Kier alpha value is -1.82. The van der Waals surface area contributed by atoms with Crippen molar-refractivity contribution in [3.63, 3.8) is 0 Å². The number of hydrogen-bond acceptors (Lipinski definition) is 4. The van der Waals surface area contributed by atoms with Crippen LogP contribution in [0.5, 0.6) is 0 Å². The van der Waals surface area contributed by atoms with Crippen molar-refractivity contribution in [2.75, 3.05) is 13.6 Å². The molecule has 1 atom stereocenters. The van der Waals surface area contributed by atoms with Crippen LogP contribution in [-0.2, 0) is 0 Å². The van der Waals surface area contributed by atoms with E-state index in [1.54, 1.807) is 6.92 Å². The largest absolute Gasteiger partial charge is 0.475 e. The molecule has 6 heteroatoms. The quantitative estimate of drug-likeness (QED) is 0.778. The topological polar surface area (TPSA) is 91.0 Å². The van der Waals surface area contributed by atoms with Gasteiger partial charge in [0.05, 0.1) is 6.10 Å². The third kappa shape index (κ3) is 2.83. The zero-order chi connectivity index (χ0) is 12.3. The van der Waals surface area contributed by atoms with Crippen LogP contribution < -0.4 is 0 Å². The molecule has 1 aromatic rings. The maximum Gasteiger partial charge on any atom is 0.371 e. The highest BCUT2D eigenvalue weighted by Crippen LogP contribution is 2.10. The average molecular weight is 227 g/mol. The van der Waals surface area contributed by atoms with E-state index in [0.29, 0.717) is 0 Å². The molecule has 1 unspecified atom stereocenters. The van der Waals surface area contributed by atoms with E-state index in [2.05, 4.69) is 0 Å². The predicted octanol–water partition coefficient (Wildman–Crippen LogP) is 0.431. The molecule has 0 aliphatic rings. The molecule has 1 amide bonds. The molecule has 0 fully saturated rings. The summed E-state index contributed by atoms with van der Waals surface area (Å²) in [5, 5.41) is 17.7. The van der Waals surface area contributed by atoms with Gasteiger partial charge in [-0.15, -0.1) is 0 Å². The van der Waals surface area contributed by atoms with Crippen molar-refractivity contribution < 1.29 is 24.2 Å². The number of carbonyl (C=O) groups excluding carboxylic acids is 1. The van der Waals surface area contributed by atoms with Crippen molar-refractivity contribution in [3.05, 3.63) is 23.7 Å². The third-order valence-corrected chi connectivity index (χ3v) is 1.91. The van der Waals surface area contributed by atoms with E-state index in [4.69, 9.17) is 14.6 Å². The Morgan fingerprint density at radius 2 is 2.00 bits per heavy atom. The molecule has 0 aliphatic heterocycles. The zero-order valence-corrected chi connectivity index (χ0v) is 9.01. The minimum absolute atomic E-state index is 0.0550. The summed E-state index contributed by atoms with van der Waals surface area (Å²) in [5.74, 6) is -2.03. The van der Waals surface area contributed by atoms with Gasteiger partial charge in [-0.3, -0.25) is 4.79 Å². The number of carbonyl (C=O) groups is 2. The fraction of sp³-hybridized carbons (Fsp3) is 0.400. The van der Waals surface area contributed by atoms with Crippen LogP contribution in [0.15, 0.2) is 16.5 Å². The first kappa shape index (κ1) is 12.3. The van der Waals surface area contributed by atoms with Crippen molar-refractivity contribution in [2.45, 2.75) is 13.0 Å². The maximum atomic E-state index is 11.6. The highest BCUT2D eigenvalue weighted by molar-refractivity contribution is 5.93. The monoisotopic (exact) mass is 227 g/mol. The van der Waals surface area contributed by atoms with Gasteiger partial charge >= 0.3 is 5.97 Å². The highest BCUT2D eigenvalue weighted by atomic mass is 16.4. The van der Waals surface area contributed by atoms with Crippen LogP contribution in [0, 0.1) is 0 Å². The Bertz CT molecular complexity index is 396. The Morgan fingerprint density at radius 3 is 2.44 bits per heavy atom. The number of carboxylic acid groups (broad SMARTS) is 1. The molecule has 88 valence electrons. The van der Waals surface area contributed by atoms with Crippen LogP contribution in [0.2, 0.25) is 0 Å². The number of hydrogen-bond donors (Lipinski definition) is 2. The summed E-state index contributed by atoms with van der Waals surface area (Å²) in [7, 11) is 1.50. The lowest BCUT2D eigenvalue weighted by molar-refractivity contribution is 0.0635. The lowest BCUT2D eigenvalue weighted by atomic mass is 10.3. The molecular weight excluding hydrogens is 214 g/mol. The van der Waals surface area contributed by atoms with E-state index in [1.165, 1.54) is 24.1 Å². The molecule has 0 saturated heterocycles. The minimum Gasteiger partial charge on any atom is -0.475 e. The number of aromatic carboxylic acids is 1. The highest BCUT2D eigenvalue weighted by Gasteiger charge is 2.18. The number of aliphatic hydroxyl groups is 1. The summed E-state index contributed by atoms with van der Waals surface area (Å²) in [6, 6.07) is 2.51. The lowest BCUT2D eigenvalue weighted by Crippen LogP contribution is -2.32. The smallest absolute Gasteiger partial charge is 0.371 e. The SMILES string of the molecule is CC(O)CN(C)C(=O)c1ccc(C(=O)O)o1. The van der Waals surface area contributed by atoms with Crippen molar-refractivity contribution in [2.24, 2.45) is 0 Å². The van der Waals surface area contributed by atoms with E-state index < -0.39 is 18.0 Å². The van der Waals surface area contributed by atoms with Crippen molar-refractivity contribution in [1.82, 2.24) is 4.90 Å². The Balaban J connectivity index is 2.76.